The highest BCUT2D eigenvalue weighted by atomic mass is 32.2. The molecule has 2 rings (SSSR count). The van der Waals surface area contributed by atoms with Crippen LogP contribution in [-0.2, 0) is 0 Å². The lowest BCUT2D eigenvalue weighted by atomic mass is 10.0. The summed E-state index contributed by atoms with van der Waals surface area (Å²) in [7, 11) is 0. The van der Waals surface area contributed by atoms with Gasteiger partial charge >= 0.3 is 0 Å². The largest absolute Gasteiger partial charge is 0.380 e. The first-order valence-corrected chi connectivity index (χ1v) is 9.76. The maximum absolute atomic E-state index is 4.24. The molecule has 0 spiro atoms. The quantitative estimate of drug-likeness (QED) is 0.291. The smallest absolute Gasteiger partial charge is 0.0516 e. The van der Waals surface area contributed by atoms with Gasteiger partial charge in [0.2, 0.25) is 0 Å². The van der Waals surface area contributed by atoms with Crippen LogP contribution in [-0.4, -0.2) is 6.54 Å². The second kappa shape index (κ2) is 9.00. The molecule has 0 bridgehead atoms. The molecule has 1 aliphatic carbocycles. The van der Waals surface area contributed by atoms with E-state index in [1.165, 1.54) is 10.5 Å². The minimum absolute atomic E-state index is 0.153. The van der Waals surface area contributed by atoms with Crippen molar-refractivity contribution in [3.8, 4) is 0 Å². The van der Waals surface area contributed by atoms with Gasteiger partial charge in [-0.1, -0.05) is 56.9 Å². The summed E-state index contributed by atoms with van der Waals surface area (Å²) < 4.78 is 3.45. The van der Waals surface area contributed by atoms with Crippen molar-refractivity contribution < 1.29 is 0 Å². The number of hydrogen-bond donors (Lipinski definition) is 2. The Bertz CT molecular complexity index is 674. The molecule has 2 N–H and O–H groups in total. The summed E-state index contributed by atoms with van der Waals surface area (Å²) in [6, 6.07) is 8.39. The zero-order valence-electron chi connectivity index (χ0n) is 15.6. The SMILES string of the molecule is C=CC1CC1(C)C(=C)NSc1ccccc1NCC(/C=C\C)=C/CC. The maximum Gasteiger partial charge on any atom is 0.0516 e. The molecule has 25 heavy (non-hydrogen) atoms. The fourth-order valence-electron chi connectivity index (χ4n) is 2.90. The average molecular weight is 355 g/mol. The van der Waals surface area contributed by atoms with Crippen molar-refractivity contribution in [3.05, 3.63) is 73.0 Å². The van der Waals surface area contributed by atoms with Gasteiger partial charge in [0.05, 0.1) is 4.90 Å². The Hall–Kier alpha value is -1.87. The highest BCUT2D eigenvalue weighted by molar-refractivity contribution is 7.97. The number of nitrogens with one attached hydrogen (secondary N) is 2. The summed E-state index contributed by atoms with van der Waals surface area (Å²) in [5.74, 6) is 0.545. The number of hydrogen-bond acceptors (Lipinski definition) is 3. The van der Waals surface area contributed by atoms with Gasteiger partial charge in [-0.15, -0.1) is 6.58 Å². The molecule has 2 atom stereocenters. The topological polar surface area (TPSA) is 24.1 Å². The Labute approximate surface area is 157 Å². The lowest BCUT2D eigenvalue weighted by molar-refractivity contribution is 0.626. The molecule has 3 heteroatoms. The predicted molar refractivity (Wildman–Crippen MR) is 113 cm³/mol. The molecule has 0 saturated heterocycles. The van der Waals surface area contributed by atoms with Gasteiger partial charge in [-0.3, -0.25) is 0 Å². The van der Waals surface area contributed by atoms with Crippen LogP contribution in [0.5, 0.6) is 0 Å². The number of allylic oxidation sites excluding steroid dienone is 4. The second-order valence-electron chi connectivity index (χ2n) is 6.68. The normalized spacial score (nSPS) is 22.7. The van der Waals surface area contributed by atoms with Crippen LogP contribution in [0.3, 0.4) is 0 Å². The van der Waals surface area contributed by atoms with Crippen molar-refractivity contribution in [3.63, 3.8) is 0 Å². The van der Waals surface area contributed by atoms with Crippen molar-refractivity contribution in [1.29, 1.82) is 0 Å². The van der Waals surface area contributed by atoms with Crippen molar-refractivity contribution in [2.24, 2.45) is 11.3 Å². The highest BCUT2D eigenvalue weighted by Crippen LogP contribution is 2.57. The molecule has 0 aliphatic heterocycles. The lowest BCUT2D eigenvalue weighted by Crippen LogP contribution is -2.13. The van der Waals surface area contributed by atoms with E-state index in [0.29, 0.717) is 5.92 Å². The maximum atomic E-state index is 4.24. The van der Waals surface area contributed by atoms with Crippen molar-refractivity contribution in [1.82, 2.24) is 4.72 Å². The summed E-state index contributed by atoms with van der Waals surface area (Å²) in [5, 5.41) is 3.55. The zero-order chi connectivity index (χ0) is 18.3. The molecule has 0 heterocycles. The van der Waals surface area contributed by atoms with E-state index >= 15 is 0 Å². The second-order valence-corrected chi connectivity index (χ2v) is 7.53. The van der Waals surface area contributed by atoms with E-state index in [1.807, 2.05) is 6.08 Å². The molecule has 1 aromatic carbocycles. The van der Waals surface area contributed by atoms with Crippen LogP contribution in [0.4, 0.5) is 5.69 Å². The first-order chi connectivity index (χ1) is 12.0. The summed E-state index contributed by atoms with van der Waals surface area (Å²) >= 11 is 1.63. The minimum atomic E-state index is 0.153. The first kappa shape index (κ1) is 19.5. The molecular weight excluding hydrogens is 324 g/mol. The Morgan fingerprint density at radius 2 is 2.16 bits per heavy atom. The van der Waals surface area contributed by atoms with Gasteiger partial charge in [-0.25, -0.2) is 0 Å². The fourth-order valence-corrected chi connectivity index (χ4v) is 3.76. The predicted octanol–water partition coefficient (Wildman–Crippen LogP) is 6.33. The van der Waals surface area contributed by atoms with E-state index < -0.39 is 0 Å². The standard InChI is InChI=1S/C22H30N2S/c1-6-11-18(12-7-2)16-23-20-13-9-10-14-21(20)25-24-17(4)22(5)15-19(22)8-3/h6,8-14,19,23-24H,3-4,7,15-16H2,1-2,5H3/b11-6-,18-12+. The van der Waals surface area contributed by atoms with Gasteiger partial charge < -0.3 is 10.0 Å². The molecule has 1 saturated carbocycles. The van der Waals surface area contributed by atoms with Gasteiger partial charge in [0, 0.05) is 23.3 Å². The van der Waals surface area contributed by atoms with Gasteiger partial charge in [-0.05, 0) is 55.3 Å². The summed E-state index contributed by atoms with van der Waals surface area (Å²) in [5.41, 5.74) is 3.68. The molecule has 0 amide bonds. The van der Waals surface area contributed by atoms with Gasteiger partial charge in [0.15, 0.2) is 0 Å². The van der Waals surface area contributed by atoms with Crippen molar-refractivity contribution in [2.45, 2.75) is 38.5 Å². The van der Waals surface area contributed by atoms with Gasteiger partial charge in [0.25, 0.3) is 0 Å². The minimum Gasteiger partial charge on any atom is -0.380 e. The number of benzene rings is 1. The van der Waals surface area contributed by atoms with Crippen LogP contribution < -0.4 is 10.0 Å². The molecule has 0 radical (unpaired) electrons. The van der Waals surface area contributed by atoms with Crippen LogP contribution >= 0.6 is 11.9 Å². The van der Waals surface area contributed by atoms with Crippen molar-refractivity contribution in [2.75, 3.05) is 11.9 Å². The van der Waals surface area contributed by atoms with Crippen molar-refractivity contribution >= 4 is 17.6 Å². The third-order valence-corrected chi connectivity index (χ3v) is 5.70. The Morgan fingerprint density at radius 1 is 1.40 bits per heavy atom. The summed E-state index contributed by atoms with van der Waals surface area (Å²) in [4.78, 5) is 1.18. The number of anilines is 1. The zero-order valence-corrected chi connectivity index (χ0v) is 16.5. The monoisotopic (exact) mass is 354 g/mol. The van der Waals surface area contributed by atoms with E-state index in [0.717, 1.165) is 30.8 Å². The van der Waals surface area contributed by atoms with Crippen LogP contribution in [0, 0.1) is 11.3 Å². The van der Waals surface area contributed by atoms with E-state index in [-0.39, 0.29) is 5.41 Å². The molecule has 1 aliphatic rings. The van der Waals surface area contributed by atoms with Gasteiger partial charge in [0.1, 0.15) is 0 Å². The van der Waals surface area contributed by atoms with E-state index in [2.05, 4.69) is 86.5 Å². The molecule has 1 aromatic rings. The molecule has 0 aromatic heterocycles. The third kappa shape index (κ3) is 5.05. The number of para-hydroxylation sites is 1. The fraction of sp³-hybridized carbons (Fsp3) is 0.364. The van der Waals surface area contributed by atoms with E-state index in [1.54, 1.807) is 11.9 Å². The first-order valence-electron chi connectivity index (χ1n) is 8.94. The Kier molecular flexibility index (Phi) is 7.01. The molecule has 2 unspecified atom stereocenters. The highest BCUT2D eigenvalue weighted by Gasteiger charge is 2.50. The van der Waals surface area contributed by atoms with Crippen LogP contribution in [0.1, 0.15) is 33.6 Å². The molecular formula is C22H30N2S. The van der Waals surface area contributed by atoms with Crippen LogP contribution in [0.25, 0.3) is 0 Å². The van der Waals surface area contributed by atoms with Gasteiger partial charge in [-0.2, -0.15) is 0 Å². The average Bonchev–Trinajstić information content (AvgIpc) is 3.31. The molecule has 1 fully saturated rings. The lowest BCUT2D eigenvalue weighted by Gasteiger charge is -2.18. The molecule has 134 valence electrons. The number of rotatable bonds is 10. The Balaban J connectivity index is 1.97. The Morgan fingerprint density at radius 3 is 2.80 bits per heavy atom. The van der Waals surface area contributed by atoms with Crippen LogP contribution in [0.15, 0.2) is 77.9 Å². The van der Waals surface area contributed by atoms with E-state index in [4.69, 9.17) is 0 Å². The summed E-state index contributed by atoms with van der Waals surface area (Å²) in [6.45, 7) is 15.4. The van der Waals surface area contributed by atoms with Crippen LogP contribution in [0.2, 0.25) is 0 Å². The molecule has 2 nitrogen and oxygen atoms in total. The third-order valence-electron chi connectivity index (χ3n) is 4.78. The van der Waals surface area contributed by atoms with E-state index in [9.17, 15) is 0 Å². The summed E-state index contributed by atoms with van der Waals surface area (Å²) in [6.07, 6.45) is 10.7.